The number of nitrogens with zero attached hydrogens (tertiary/aromatic N) is 1. The largest absolute Gasteiger partial charge is 0.434 e. The zero-order valence-electron chi connectivity index (χ0n) is 17.3. The van der Waals surface area contributed by atoms with Gasteiger partial charge in [0, 0.05) is 24.2 Å². The third-order valence-electron chi connectivity index (χ3n) is 6.76. The Labute approximate surface area is 176 Å². The van der Waals surface area contributed by atoms with Crippen molar-refractivity contribution >= 4 is 5.91 Å². The lowest BCUT2D eigenvalue weighted by Crippen LogP contribution is -2.62. The maximum Gasteiger partial charge on any atom is 0.294 e. The van der Waals surface area contributed by atoms with Gasteiger partial charge < -0.3 is 24.5 Å². The van der Waals surface area contributed by atoms with Crippen LogP contribution in [-0.4, -0.2) is 55.7 Å². The number of carbonyl (C=O) groups is 1. The summed E-state index contributed by atoms with van der Waals surface area (Å²) in [6.07, 6.45) is 3.97. The molecule has 6 rings (SSSR count). The van der Waals surface area contributed by atoms with Crippen LogP contribution in [0, 0.1) is 5.92 Å². The van der Waals surface area contributed by atoms with E-state index in [1.165, 1.54) is 12.8 Å². The molecule has 3 atom stereocenters. The standard InChI is InChI=1S/C23H29N3O4/c1-15-21(16-6-10-26(15)11-7-16)25-22(27)17-2-4-18(5-3-17)30-23-19(8-12-29-23)20-14-28-13-9-24-20/h2-5,8,12,15-16,20-21,24H,6-7,9-11,13-14H2,1H3,(H,25,27)/t15-,20?,21-/m0/s1. The molecule has 160 valence electrons. The van der Waals surface area contributed by atoms with Crippen LogP contribution < -0.4 is 15.4 Å². The summed E-state index contributed by atoms with van der Waals surface area (Å²) in [7, 11) is 0. The van der Waals surface area contributed by atoms with Gasteiger partial charge in [-0.3, -0.25) is 9.69 Å². The molecule has 1 aromatic heterocycles. The summed E-state index contributed by atoms with van der Waals surface area (Å²) < 4.78 is 17.0. The van der Waals surface area contributed by atoms with Crippen molar-refractivity contribution in [3.05, 3.63) is 47.7 Å². The predicted molar refractivity (Wildman–Crippen MR) is 112 cm³/mol. The highest BCUT2D eigenvalue weighted by molar-refractivity contribution is 5.94. The highest BCUT2D eigenvalue weighted by Gasteiger charge is 2.40. The summed E-state index contributed by atoms with van der Waals surface area (Å²) in [6.45, 7) is 6.64. The maximum absolute atomic E-state index is 12.8. The van der Waals surface area contributed by atoms with Crippen LogP contribution in [0.2, 0.25) is 0 Å². The molecule has 4 aliphatic heterocycles. The van der Waals surface area contributed by atoms with Crippen molar-refractivity contribution in [1.29, 1.82) is 0 Å². The van der Waals surface area contributed by atoms with Gasteiger partial charge in [-0.05, 0) is 69.1 Å². The Balaban J connectivity index is 1.23. The molecule has 4 saturated heterocycles. The molecule has 1 unspecified atom stereocenters. The van der Waals surface area contributed by atoms with Crippen LogP contribution in [0.15, 0.2) is 41.0 Å². The minimum Gasteiger partial charge on any atom is -0.434 e. The normalized spacial score (nSPS) is 30.8. The van der Waals surface area contributed by atoms with Gasteiger partial charge in [0.05, 0.1) is 31.1 Å². The van der Waals surface area contributed by atoms with E-state index in [4.69, 9.17) is 13.9 Å². The van der Waals surface area contributed by atoms with E-state index in [-0.39, 0.29) is 18.0 Å². The number of hydrogen-bond acceptors (Lipinski definition) is 6. The molecular weight excluding hydrogens is 382 g/mol. The average molecular weight is 412 g/mol. The number of carbonyl (C=O) groups excluding carboxylic acids is 1. The van der Waals surface area contributed by atoms with Crippen LogP contribution in [0.4, 0.5) is 0 Å². The monoisotopic (exact) mass is 411 g/mol. The second-order valence-corrected chi connectivity index (χ2v) is 8.48. The summed E-state index contributed by atoms with van der Waals surface area (Å²) in [6, 6.07) is 9.82. The number of hydrogen-bond donors (Lipinski definition) is 2. The summed E-state index contributed by atoms with van der Waals surface area (Å²) in [5.74, 6) is 1.66. The van der Waals surface area contributed by atoms with Gasteiger partial charge in [-0.15, -0.1) is 0 Å². The highest BCUT2D eigenvalue weighted by atomic mass is 16.6. The highest BCUT2D eigenvalue weighted by Crippen LogP contribution is 2.33. The van der Waals surface area contributed by atoms with Gasteiger partial charge in [0.2, 0.25) is 0 Å². The van der Waals surface area contributed by atoms with Gasteiger partial charge in [-0.25, -0.2) is 0 Å². The van der Waals surface area contributed by atoms with E-state index in [1.807, 2.05) is 18.2 Å². The molecular formula is C23H29N3O4. The van der Waals surface area contributed by atoms with Crippen LogP contribution in [0.3, 0.4) is 0 Å². The van der Waals surface area contributed by atoms with Gasteiger partial charge in [0.1, 0.15) is 5.75 Å². The van der Waals surface area contributed by atoms with E-state index in [1.54, 1.807) is 18.4 Å². The topological polar surface area (TPSA) is 76.0 Å². The Morgan fingerprint density at radius 1 is 1.20 bits per heavy atom. The van der Waals surface area contributed by atoms with E-state index >= 15 is 0 Å². The fourth-order valence-electron chi connectivity index (χ4n) is 4.97. The number of ether oxygens (including phenoxy) is 2. The van der Waals surface area contributed by atoms with E-state index in [2.05, 4.69) is 22.5 Å². The fraction of sp³-hybridized carbons (Fsp3) is 0.522. The molecule has 2 N–H and O–H groups in total. The zero-order chi connectivity index (χ0) is 20.5. The minimum absolute atomic E-state index is 0.0191. The van der Waals surface area contributed by atoms with Crippen molar-refractivity contribution in [3.63, 3.8) is 0 Å². The SMILES string of the molecule is C[C@H]1[C@H](NC(=O)c2ccc(Oc3occc3C3COCCN3)cc2)C2CCN1CC2. The molecule has 7 heteroatoms. The Bertz CT molecular complexity index is 865. The molecule has 4 fully saturated rings. The smallest absolute Gasteiger partial charge is 0.294 e. The number of morpholine rings is 1. The van der Waals surface area contributed by atoms with Crippen LogP contribution in [0.5, 0.6) is 11.7 Å². The van der Waals surface area contributed by atoms with Crippen molar-refractivity contribution < 1.29 is 18.7 Å². The number of fused-ring (bicyclic) bond motifs is 3. The minimum atomic E-state index is -0.0191. The zero-order valence-corrected chi connectivity index (χ0v) is 17.3. The molecule has 2 aromatic rings. The Morgan fingerprint density at radius 2 is 2.00 bits per heavy atom. The van der Waals surface area contributed by atoms with Gasteiger partial charge in [-0.1, -0.05) is 0 Å². The molecule has 5 heterocycles. The first-order valence-electron chi connectivity index (χ1n) is 10.9. The third kappa shape index (κ3) is 3.85. The summed E-state index contributed by atoms with van der Waals surface area (Å²) in [5.41, 5.74) is 1.58. The summed E-state index contributed by atoms with van der Waals surface area (Å²) in [5, 5.41) is 6.68. The molecule has 0 radical (unpaired) electrons. The number of piperidine rings is 3. The number of benzene rings is 1. The lowest BCUT2D eigenvalue weighted by molar-refractivity contribution is 0.0217. The lowest BCUT2D eigenvalue weighted by Gasteiger charge is -2.49. The van der Waals surface area contributed by atoms with Crippen LogP contribution in [0.25, 0.3) is 0 Å². The molecule has 30 heavy (non-hydrogen) atoms. The molecule has 0 aliphatic carbocycles. The third-order valence-corrected chi connectivity index (χ3v) is 6.76. The van der Waals surface area contributed by atoms with Crippen molar-refractivity contribution in [2.75, 3.05) is 32.8 Å². The second kappa shape index (κ2) is 8.41. The fourth-order valence-corrected chi connectivity index (χ4v) is 4.97. The van der Waals surface area contributed by atoms with E-state index in [0.29, 0.717) is 42.4 Å². The van der Waals surface area contributed by atoms with Gasteiger partial charge in [0.15, 0.2) is 0 Å². The molecule has 4 aliphatic rings. The quantitative estimate of drug-likeness (QED) is 0.788. The van der Waals surface area contributed by atoms with E-state index in [9.17, 15) is 4.79 Å². The first-order chi connectivity index (χ1) is 14.7. The first kappa shape index (κ1) is 19.6. The Kier molecular flexibility index (Phi) is 5.50. The summed E-state index contributed by atoms with van der Waals surface area (Å²) in [4.78, 5) is 15.3. The van der Waals surface area contributed by atoms with Crippen LogP contribution in [0.1, 0.15) is 41.7 Å². The Hall–Kier alpha value is -2.35. The van der Waals surface area contributed by atoms with Crippen LogP contribution >= 0.6 is 0 Å². The number of rotatable bonds is 5. The van der Waals surface area contributed by atoms with Crippen molar-refractivity contribution in [2.24, 2.45) is 5.92 Å². The molecule has 7 nitrogen and oxygen atoms in total. The average Bonchev–Trinajstić information content (AvgIpc) is 3.25. The molecule has 2 bridgehead atoms. The van der Waals surface area contributed by atoms with Gasteiger partial charge in [-0.2, -0.15) is 0 Å². The maximum atomic E-state index is 12.8. The van der Waals surface area contributed by atoms with Crippen molar-refractivity contribution in [2.45, 2.75) is 37.9 Å². The lowest BCUT2D eigenvalue weighted by atomic mass is 9.79. The first-order valence-corrected chi connectivity index (χ1v) is 10.9. The van der Waals surface area contributed by atoms with E-state index in [0.717, 1.165) is 25.2 Å². The van der Waals surface area contributed by atoms with Crippen LogP contribution in [-0.2, 0) is 4.74 Å². The molecule has 1 amide bonds. The molecule has 0 spiro atoms. The number of furan rings is 1. The van der Waals surface area contributed by atoms with Gasteiger partial charge in [0.25, 0.3) is 11.9 Å². The number of nitrogens with one attached hydrogen (secondary N) is 2. The van der Waals surface area contributed by atoms with E-state index < -0.39 is 0 Å². The summed E-state index contributed by atoms with van der Waals surface area (Å²) >= 11 is 0. The Morgan fingerprint density at radius 3 is 2.70 bits per heavy atom. The number of amides is 1. The van der Waals surface area contributed by atoms with Gasteiger partial charge >= 0.3 is 0 Å². The molecule has 0 saturated carbocycles. The predicted octanol–water partition coefficient (Wildman–Crippen LogP) is 2.95. The van der Waals surface area contributed by atoms with Crippen molar-refractivity contribution in [1.82, 2.24) is 15.5 Å². The molecule has 1 aromatic carbocycles. The van der Waals surface area contributed by atoms with Crippen molar-refractivity contribution in [3.8, 4) is 11.7 Å². The second-order valence-electron chi connectivity index (χ2n) is 8.48.